The van der Waals surface area contributed by atoms with E-state index in [0.717, 1.165) is 38.0 Å². The zero-order valence-corrected chi connectivity index (χ0v) is 19.7. The van der Waals surface area contributed by atoms with E-state index in [1.165, 1.54) is 0 Å². The van der Waals surface area contributed by atoms with Crippen molar-refractivity contribution in [3.05, 3.63) is 35.9 Å². The third-order valence-electron chi connectivity index (χ3n) is 4.98. The number of carbonyl (C=O) groups is 2. The standard InChI is InChI=1S/C23H38N6O3/c1-5-25-21(27-18-11-13-29(14-12-18)16-20(24)30)26-15-19(17-9-7-6-8-10-17)28-22(31)32-23(2,3)4/h6-10,18-19H,5,11-16H2,1-4H3,(H2,24,30)(H,28,31)(H2,25,26,27). The number of likely N-dealkylation sites (tertiary alicyclic amines) is 1. The second-order valence-electron chi connectivity index (χ2n) is 8.99. The number of carbonyl (C=O) groups excluding carboxylic acids is 2. The molecule has 1 aliphatic heterocycles. The Morgan fingerprint density at radius 2 is 1.88 bits per heavy atom. The Bertz CT molecular complexity index is 755. The van der Waals surface area contributed by atoms with Gasteiger partial charge in [0.2, 0.25) is 5.91 Å². The van der Waals surface area contributed by atoms with Crippen LogP contribution in [0.15, 0.2) is 35.3 Å². The lowest BCUT2D eigenvalue weighted by Crippen LogP contribution is -2.50. The minimum absolute atomic E-state index is 0.255. The molecule has 0 bridgehead atoms. The van der Waals surface area contributed by atoms with E-state index in [-0.39, 0.29) is 18.0 Å². The Hall–Kier alpha value is -2.81. The summed E-state index contributed by atoms with van der Waals surface area (Å²) in [7, 11) is 0. The van der Waals surface area contributed by atoms with E-state index in [2.05, 4.69) is 20.9 Å². The highest BCUT2D eigenvalue weighted by molar-refractivity contribution is 5.80. The molecule has 1 saturated heterocycles. The molecule has 1 unspecified atom stereocenters. The summed E-state index contributed by atoms with van der Waals surface area (Å²) in [6.07, 6.45) is 1.33. The van der Waals surface area contributed by atoms with Crippen LogP contribution in [0.5, 0.6) is 0 Å². The predicted molar refractivity (Wildman–Crippen MR) is 126 cm³/mol. The molecule has 1 aromatic carbocycles. The largest absolute Gasteiger partial charge is 0.444 e. The number of nitrogens with two attached hydrogens (primary N) is 1. The zero-order valence-electron chi connectivity index (χ0n) is 19.7. The van der Waals surface area contributed by atoms with Crippen molar-refractivity contribution in [2.24, 2.45) is 10.7 Å². The lowest BCUT2D eigenvalue weighted by Gasteiger charge is -2.32. The number of nitrogens with one attached hydrogen (secondary N) is 3. The normalized spacial score (nSPS) is 16.8. The van der Waals surface area contributed by atoms with Crippen molar-refractivity contribution in [1.29, 1.82) is 0 Å². The molecule has 1 atom stereocenters. The van der Waals surface area contributed by atoms with Gasteiger partial charge in [-0.05, 0) is 46.1 Å². The highest BCUT2D eigenvalue weighted by Crippen LogP contribution is 2.15. The van der Waals surface area contributed by atoms with Crippen LogP contribution < -0.4 is 21.7 Å². The lowest BCUT2D eigenvalue weighted by atomic mass is 10.1. The molecule has 0 spiro atoms. The van der Waals surface area contributed by atoms with E-state index in [0.29, 0.717) is 19.0 Å². The van der Waals surface area contributed by atoms with E-state index in [4.69, 9.17) is 15.5 Å². The number of primary amides is 1. The Kier molecular flexibility index (Phi) is 9.77. The van der Waals surface area contributed by atoms with Crippen LogP contribution in [0.4, 0.5) is 4.79 Å². The van der Waals surface area contributed by atoms with Crippen LogP contribution in [0, 0.1) is 0 Å². The third kappa shape index (κ3) is 9.55. The SMILES string of the molecule is CCNC(=NCC(NC(=O)OC(C)(C)C)c1ccccc1)NC1CCN(CC(N)=O)CC1. The van der Waals surface area contributed by atoms with Gasteiger partial charge in [-0.25, -0.2) is 4.79 Å². The molecule has 0 saturated carbocycles. The molecule has 1 fully saturated rings. The Balaban J connectivity index is 2.02. The van der Waals surface area contributed by atoms with Gasteiger partial charge >= 0.3 is 6.09 Å². The molecule has 2 amide bonds. The number of alkyl carbamates (subject to hydrolysis) is 1. The first-order valence-electron chi connectivity index (χ1n) is 11.3. The summed E-state index contributed by atoms with van der Waals surface area (Å²) in [4.78, 5) is 30.3. The number of ether oxygens (including phenoxy) is 1. The first-order chi connectivity index (χ1) is 15.2. The first-order valence-corrected chi connectivity index (χ1v) is 11.3. The van der Waals surface area contributed by atoms with E-state index < -0.39 is 11.7 Å². The van der Waals surface area contributed by atoms with E-state index >= 15 is 0 Å². The minimum atomic E-state index is -0.575. The Morgan fingerprint density at radius 3 is 2.44 bits per heavy atom. The van der Waals surface area contributed by atoms with Gasteiger partial charge < -0.3 is 26.4 Å². The van der Waals surface area contributed by atoms with Crippen molar-refractivity contribution in [1.82, 2.24) is 20.9 Å². The van der Waals surface area contributed by atoms with Gasteiger partial charge in [-0.3, -0.25) is 14.7 Å². The highest BCUT2D eigenvalue weighted by atomic mass is 16.6. The average Bonchev–Trinajstić information content (AvgIpc) is 2.71. The predicted octanol–water partition coefficient (Wildman–Crippen LogP) is 1.76. The van der Waals surface area contributed by atoms with Crippen molar-refractivity contribution < 1.29 is 14.3 Å². The first kappa shape index (κ1) is 25.5. The highest BCUT2D eigenvalue weighted by Gasteiger charge is 2.22. The number of hydrogen-bond donors (Lipinski definition) is 4. The van der Waals surface area contributed by atoms with E-state index in [1.807, 2.05) is 58.0 Å². The molecule has 178 valence electrons. The molecule has 9 heteroatoms. The number of piperidine rings is 1. The second kappa shape index (κ2) is 12.3. The third-order valence-corrected chi connectivity index (χ3v) is 4.98. The summed E-state index contributed by atoms with van der Waals surface area (Å²) in [5.41, 5.74) is 5.68. The summed E-state index contributed by atoms with van der Waals surface area (Å²) >= 11 is 0. The minimum Gasteiger partial charge on any atom is -0.444 e. The number of aliphatic imine (C=N–C) groups is 1. The van der Waals surface area contributed by atoms with E-state index in [1.54, 1.807) is 0 Å². The molecule has 9 nitrogen and oxygen atoms in total. The summed E-state index contributed by atoms with van der Waals surface area (Å²) in [6.45, 7) is 10.5. The van der Waals surface area contributed by atoms with Crippen molar-refractivity contribution in [3.8, 4) is 0 Å². The quantitative estimate of drug-likeness (QED) is 0.357. The fraction of sp³-hybridized carbons (Fsp3) is 0.609. The number of hydrogen-bond acceptors (Lipinski definition) is 5. The molecule has 32 heavy (non-hydrogen) atoms. The van der Waals surface area contributed by atoms with Crippen LogP contribution in [0.2, 0.25) is 0 Å². The van der Waals surface area contributed by atoms with Crippen molar-refractivity contribution in [2.75, 3.05) is 32.7 Å². The van der Waals surface area contributed by atoms with Gasteiger partial charge in [-0.15, -0.1) is 0 Å². The zero-order chi connectivity index (χ0) is 23.6. The number of amides is 2. The Morgan fingerprint density at radius 1 is 1.22 bits per heavy atom. The molecule has 1 heterocycles. The summed E-state index contributed by atoms with van der Waals surface area (Å²) in [5, 5.41) is 9.70. The van der Waals surface area contributed by atoms with E-state index in [9.17, 15) is 9.59 Å². The molecule has 0 aromatic heterocycles. The lowest BCUT2D eigenvalue weighted by molar-refractivity contribution is -0.119. The van der Waals surface area contributed by atoms with Gasteiger partial charge in [-0.1, -0.05) is 30.3 Å². The molecule has 2 rings (SSSR count). The molecular formula is C23H38N6O3. The fourth-order valence-electron chi connectivity index (χ4n) is 3.52. The topological polar surface area (TPSA) is 121 Å². The van der Waals surface area contributed by atoms with Gasteiger partial charge in [0.15, 0.2) is 5.96 Å². The summed E-state index contributed by atoms with van der Waals surface area (Å²) in [5.74, 6) is 0.406. The molecule has 1 aromatic rings. The maximum atomic E-state index is 12.4. The van der Waals surface area contributed by atoms with Crippen LogP contribution in [0.1, 0.15) is 52.1 Å². The van der Waals surface area contributed by atoms with Crippen molar-refractivity contribution in [2.45, 2.75) is 58.2 Å². The number of guanidine groups is 1. The second-order valence-corrected chi connectivity index (χ2v) is 8.99. The van der Waals surface area contributed by atoms with Gasteiger partial charge in [-0.2, -0.15) is 0 Å². The van der Waals surface area contributed by atoms with Gasteiger partial charge in [0.25, 0.3) is 0 Å². The average molecular weight is 447 g/mol. The maximum absolute atomic E-state index is 12.4. The molecule has 1 aliphatic rings. The van der Waals surface area contributed by atoms with Crippen LogP contribution in [0.3, 0.4) is 0 Å². The van der Waals surface area contributed by atoms with Crippen LogP contribution in [-0.4, -0.2) is 67.2 Å². The van der Waals surface area contributed by atoms with Gasteiger partial charge in [0.05, 0.1) is 19.1 Å². The van der Waals surface area contributed by atoms with Crippen LogP contribution in [0.25, 0.3) is 0 Å². The number of benzene rings is 1. The summed E-state index contributed by atoms with van der Waals surface area (Å²) < 4.78 is 5.44. The Labute approximate surface area is 191 Å². The monoisotopic (exact) mass is 446 g/mol. The smallest absolute Gasteiger partial charge is 0.408 e. The van der Waals surface area contributed by atoms with Crippen molar-refractivity contribution >= 4 is 18.0 Å². The van der Waals surface area contributed by atoms with Crippen LogP contribution >= 0.6 is 0 Å². The van der Waals surface area contributed by atoms with Crippen LogP contribution in [-0.2, 0) is 9.53 Å². The number of rotatable bonds is 8. The number of nitrogens with zero attached hydrogens (tertiary/aromatic N) is 2. The van der Waals surface area contributed by atoms with Gasteiger partial charge in [0, 0.05) is 25.7 Å². The molecular weight excluding hydrogens is 408 g/mol. The van der Waals surface area contributed by atoms with Gasteiger partial charge in [0.1, 0.15) is 5.60 Å². The molecule has 5 N–H and O–H groups in total. The molecule has 0 aliphatic carbocycles. The van der Waals surface area contributed by atoms with Crippen molar-refractivity contribution in [3.63, 3.8) is 0 Å². The molecule has 0 radical (unpaired) electrons. The summed E-state index contributed by atoms with van der Waals surface area (Å²) in [6, 6.07) is 9.68. The fourth-order valence-corrected chi connectivity index (χ4v) is 3.52. The maximum Gasteiger partial charge on any atom is 0.408 e.